The maximum atomic E-state index is 5.58. The highest BCUT2D eigenvalue weighted by Crippen LogP contribution is 2.50. The molecule has 14 aromatic rings. The zero-order chi connectivity index (χ0) is 47.7. The SMILES string of the molecule is CC1(C)c2ccccc2-c2cc(-c3ccc4c5ccccc5c5cc6c(cc5c4c3)c3cc(-c4ccccc4)ccc3n6-c3cc(-c4cccc5ccccc45)nc(-c4cccc5ccccc45)c3)ccc21. The molecule has 1 aliphatic carbocycles. The minimum absolute atomic E-state index is 0.0425. The van der Waals surface area contributed by atoms with Crippen LogP contribution in [0.4, 0.5) is 0 Å². The fourth-order valence-electron chi connectivity index (χ4n) is 12.5. The van der Waals surface area contributed by atoms with Crippen molar-refractivity contribution in [2.75, 3.05) is 0 Å². The van der Waals surface area contributed by atoms with Gasteiger partial charge in [0.05, 0.1) is 28.1 Å². The zero-order valence-corrected chi connectivity index (χ0v) is 40.0. The molecule has 2 nitrogen and oxygen atoms in total. The molecule has 2 heterocycles. The third-order valence-corrected chi connectivity index (χ3v) is 15.9. The first kappa shape index (κ1) is 40.7. The van der Waals surface area contributed by atoms with Gasteiger partial charge in [-0.25, -0.2) is 4.98 Å². The Morgan fingerprint density at radius 2 is 0.778 bits per heavy atom. The summed E-state index contributed by atoms with van der Waals surface area (Å²) in [7, 11) is 0. The van der Waals surface area contributed by atoms with Crippen LogP contribution in [0.2, 0.25) is 0 Å². The number of hydrogen-bond acceptors (Lipinski definition) is 1. The molecule has 1 aliphatic rings. The van der Waals surface area contributed by atoms with Gasteiger partial charge in [0.25, 0.3) is 0 Å². The van der Waals surface area contributed by atoms with Crippen LogP contribution in [0.3, 0.4) is 0 Å². The van der Waals surface area contributed by atoms with Crippen LogP contribution in [-0.4, -0.2) is 9.55 Å². The van der Waals surface area contributed by atoms with E-state index in [-0.39, 0.29) is 5.41 Å². The van der Waals surface area contributed by atoms with E-state index in [4.69, 9.17) is 4.98 Å². The summed E-state index contributed by atoms with van der Waals surface area (Å²) < 4.78 is 2.50. The number of hydrogen-bond donors (Lipinski definition) is 0. The fourth-order valence-corrected chi connectivity index (χ4v) is 12.5. The van der Waals surface area contributed by atoms with Crippen LogP contribution >= 0.6 is 0 Å². The van der Waals surface area contributed by atoms with E-state index in [0.29, 0.717) is 0 Å². The van der Waals surface area contributed by atoms with Crippen LogP contribution in [0, 0.1) is 0 Å². The molecule has 2 aromatic heterocycles. The molecule has 0 atom stereocenters. The molecule has 0 fully saturated rings. The molecule has 0 saturated carbocycles. The van der Waals surface area contributed by atoms with E-state index in [1.54, 1.807) is 0 Å². The molecule has 15 rings (SSSR count). The van der Waals surface area contributed by atoms with Gasteiger partial charge in [-0.1, -0.05) is 208 Å². The van der Waals surface area contributed by atoms with E-state index in [1.807, 2.05) is 0 Å². The third kappa shape index (κ3) is 6.06. The molecule has 336 valence electrons. The van der Waals surface area contributed by atoms with Crippen molar-refractivity contribution in [3.05, 3.63) is 254 Å². The summed E-state index contributed by atoms with van der Waals surface area (Å²) in [6.45, 7) is 4.71. The van der Waals surface area contributed by atoms with Crippen molar-refractivity contribution in [2.45, 2.75) is 19.3 Å². The minimum atomic E-state index is -0.0425. The summed E-state index contributed by atoms with van der Waals surface area (Å²) in [6, 6.07) is 90.1. The Balaban J connectivity index is 1.03. The van der Waals surface area contributed by atoms with Crippen molar-refractivity contribution in [1.82, 2.24) is 9.55 Å². The molecule has 12 aromatic carbocycles. The Morgan fingerprint density at radius 1 is 0.292 bits per heavy atom. The van der Waals surface area contributed by atoms with Crippen molar-refractivity contribution in [2.24, 2.45) is 0 Å². The Labute approximate surface area is 417 Å². The van der Waals surface area contributed by atoms with Gasteiger partial charge in [0, 0.05) is 27.3 Å². The van der Waals surface area contributed by atoms with Gasteiger partial charge in [-0.15, -0.1) is 0 Å². The molecule has 0 aliphatic heterocycles. The summed E-state index contributed by atoms with van der Waals surface area (Å²) in [6.07, 6.45) is 0. The predicted molar refractivity (Wildman–Crippen MR) is 305 cm³/mol. The van der Waals surface area contributed by atoms with Crippen molar-refractivity contribution < 1.29 is 0 Å². The molecule has 0 amide bonds. The van der Waals surface area contributed by atoms with E-state index in [1.165, 1.54) is 109 Å². The first-order chi connectivity index (χ1) is 35.4. The third-order valence-electron chi connectivity index (χ3n) is 15.9. The van der Waals surface area contributed by atoms with Crippen LogP contribution in [0.5, 0.6) is 0 Å². The van der Waals surface area contributed by atoms with Crippen LogP contribution in [0.1, 0.15) is 25.0 Å². The van der Waals surface area contributed by atoms with Crippen molar-refractivity contribution >= 4 is 75.7 Å². The largest absolute Gasteiger partial charge is 0.309 e. The van der Waals surface area contributed by atoms with E-state index in [2.05, 4.69) is 261 Å². The van der Waals surface area contributed by atoms with E-state index >= 15 is 0 Å². The second-order valence-corrected chi connectivity index (χ2v) is 20.2. The summed E-state index contributed by atoms with van der Waals surface area (Å²) in [5.41, 5.74) is 17.7. The van der Waals surface area contributed by atoms with Crippen LogP contribution in [0.15, 0.2) is 243 Å². The molecule has 0 N–H and O–H groups in total. The topological polar surface area (TPSA) is 17.8 Å². The van der Waals surface area contributed by atoms with Crippen molar-refractivity contribution in [3.8, 4) is 61.6 Å². The fraction of sp³-hybridized carbons (Fsp3) is 0.0429. The Morgan fingerprint density at radius 3 is 1.51 bits per heavy atom. The molecular formula is C70H46N2. The lowest BCUT2D eigenvalue weighted by Gasteiger charge is -2.21. The average molecular weight is 915 g/mol. The van der Waals surface area contributed by atoms with Crippen LogP contribution < -0.4 is 0 Å². The molecule has 0 spiro atoms. The lowest BCUT2D eigenvalue weighted by atomic mass is 9.82. The van der Waals surface area contributed by atoms with Crippen molar-refractivity contribution in [3.63, 3.8) is 0 Å². The van der Waals surface area contributed by atoms with Gasteiger partial charge < -0.3 is 4.57 Å². The molecule has 0 radical (unpaired) electrons. The molecule has 0 bridgehead atoms. The number of fused-ring (bicyclic) bond motifs is 14. The van der Waals surface area contributed by atoms with E-state index in [0.717, 1.165) is 39.2 Å². The standard InChI is InChI=1S/C70H46N2/c1-70(2)64-29-13-12-26-55(64)61-37-48(31-34-65(61)70)47-30-33-54-52-24-10-11-25-53(52)60-42-69-63(41-59(60)58(54)36-47)62-38-46(43-16-4-3-5-17-43)32-35-68(62)72(69)49-39-66(56-27-14-20-44-18-6-8-22-50(44)56)71-67(40-49)57-28-15-21-45-19-7-9-23-51(45)57/h3-42H,1-2H3. The number of pyridine rings is 1. The molecular weight excluding hydrogens is 869 g/mol. The average Bonchev–Trinajstić information content (AvgIpc) is 3.88. The van der Waals surface area contributed by atoms with Gasteiger partial charge in [-0.05, 0) is 147 Å². The van der Waals surface area contributed by atoms with Gasteiger partial charge in [0.1, 0.15) is 0 Å². The number of benzene rings is 12. The maximum absolute atomic E-state index is 5.58. The van der Waals surface area contributed by atoms with Gasteiger partial charge in [0.15, 0.2) is 0 Å². The van der Waals surface area contributed by atoms with Gasteiger partial charge in [-0.3, -0.25) is 0 Å². The zero-order valence-electron chi connectivity index (χ0n) is 40.0. The second-order valence-electron chi connectivity index (χ2n) is 20.2. The first-order valence-corrected chi connectivity index (χ1v) is 25.1. The molecule has 0 saturated heterocycles. The van der Waals surface area contributed by atoms with Gasteiger partial charge >= 0.3 is 0 Å². The number of aromatic nitrogens is 2. The summed E-state index contributed by atoms with van der Waals surface area (Å²) in [4.78, 5) is 5.58. The minimum Gasteiger partial charge on any atom is -0.309 e. The van der Waals surface area contributed by atoms with Crippen LogP contribution in [0.25, 0.3) is 137 Å². The van der Waals surface area contributed by atoms with E-state index < -0.39 is 0 Å². The first-order valence-electron chi connectivity index (χ1n) is 25.1. The highest BCUT2D eigenvalue weighted by atomic mass is 15.0. The Hall–Kier alpha value is -9.11. The lowest BCUT2D eigenvalue weighted by Crippen LogP contribution is -2.14. The predicted octanol–water partition coefficient (Wildman–Crippen LogP) is 18.9. The normalized spacial score (nSPS) is 13.0. The smallest absolute Gasteiger partial charge is 0.0736 e. The molecule has 0 unspecified atom stereocenters. The summed E-state index contributed by atoms with van der Waals surface area (Å²) in [5, 5.41) is 14.7. The Kier molecular flexibility index (Phi) is 8.74. The van der Waals surface area contributed by atoms with Crippen molar-refractivity contribution in [1.29, 1.82) is 0 Å². The summed E-state index contributed by atoms with van der Waals surface area (Å²) >= 11 is 0. The second kappa shape index (κ2) is 15.4. The molecule has 72 heavy (non-hydrogen) atoms. The maximum Gasteiger partial charge on any atom is 0.0736 e. The van der Waals surface area contributed by atoms with Gasteiger partial charge in [0.2, 0.25) is 0 Å². The molecule has 2 heteroatoms. The Bertz CT molecular complexity index is 4480. The van der Waals surface area contributed by atoms with Gasteiger partial charge in [-0.2, -0.15) is 0 Å². The number of nitrogens with zero attached hydrogens (tertiary/aromatic N) is 2. The quantitative estimate of drug-likeness (QED) is 0.157. The number of rotatable bonds is 5. The highest BCUT2D eigenvalue weighted by Gasteiger charge is 2.35. The van der Waals surface area contributed by atoms with Crippen LogP contribution in [-0.2, 0) is 5.41 Å². The summed E-state index contributed by atoms with van der Waals surface area (Å²) in [5.74, 6) is 0. The monoisotopic (exact) mass is 914 g/mol. The lowest BCUT2D eigenvalue weighted by molar-refractivity contribution is 0.660. The highest BCUT2D eigenvalue weighted by molar-refractivity contribution is 6.29. The van der Waals surface area contributed by atoms with E-state index in [9.17, 15) is 0 Å².